The fourth-order valence-electron chi connectivity index (χ4n) is 1.93. The lowest BCUT2D eigenvalue weighted by molar-refractivity contribution is -0.116. The van der Waals surface area contributed by atoms with Crippen molar-refractivity contribution in [3.05, 3.63) is 45.0 Å². The molecule has 0 radical (unpaired) electrons. The van der Waals surface area contributed by atoms with Gasteiger partial charge in [-0.2, -0.15) is 0 Å². The van der Waals surface area contributed by atoms with Crippen molar-refractivity contribution in [2.75, 3.05) is 10.6 Å². The average Bonchev–Trinajstić information content (AvgIpc) is 2.75. The second kappa shape index (κ2) is 6.90. The first-order chi connectivity index (χ1) is 10.5. The second-order valence-electron chi connectivity index (χ2n) is 4.66. The van der Waals surface area contributed by atoms with Gasteiger partial charge in [0.2, 0.25) is 5.91 Å². The highest BCUT2D eigenvalue weighted by Crippen LogP contribution is 2.15. The topological polar surface area (TPSA) is 106 Å². The van der Waals surface area contributed by atoms with Crippen LogP contribution in [-0.2, 0) is 11.3 Å². The number of nitrogens with two attached hydrogens (primary N) is 1. The van der Waals surface area contributed by atoms with Crippen molar-refractivity contribution >= 4 is 34.6 Å². The van der Waals surface area contributed by atoms with E-state index in [4.69, 9.17) is 5.73 Å². The first kappa shape index (κ1) is 15.8. The average molecular weight is 320 g/mol. The number of hydrogen-bond acceptors (Lipinski definition) is 4. The number of carbonyl (C=O) groups excluding carboxylic acids is 2. The van der Waals surface area contributed by atoms with Crippen LogP contribution in [0.2, 0.25) is 0 Å². The summed E-state index contributed by atoms with van der Waals surface area (Å²) in [5.74, 6) is -0.214. The van der Waals surface area contributed by atoms with E-state index in [1.807, 2.05) is 6.92 Å². The summed E-state index contributed by atoms with van der Waals surface area (Å²) in [5.41, 5.74) is 6.92. The van der Waals surface area contributed by atoms with Crippen molar-refractivity contribution in [1.29, 1.82) is 0 Å². The van der Waals surface area contributed by atoms with Gasteiger partial charge in [-0.1, -0.05) is 17.4 Å². The number of nitrogens with zero attached hydrogens (tertiary/aromatic N) is 1. The Hall–Kier alpha value is -2.61. The third-order valence-corrected chi connectivity index (χ3v) is 3.83. The minimum absolute atomic E-state index is 0.0713. The van der Waals surface area contributed by atoms with Crippen molar-refractivity contribution < 1.29 is 9.59 Å². The van der Waals surface area contributed by atoms with Gasteiger partial charge in [0.25, 0.3) is 0 Å². The lowest BCUT2D eigenvalue weighted by Gasteiger charge is -2.08. The van der Waals surface area contributed by atoms with Gasteiger partial charge in [-0.05, 0) is 25.1 Å². The zero-order chi connectivity index (χ0) is 16.1. The summed E-state index contributed by atoms with van der Waals surface area (Å²) in [4.78, 5) is 34.2. The van der Waals surface area contributed by atoms with Gasteiger partial charge in [0.15, 0.2) is 0 Å². The third kappa shape index (κ3) is 4.19. The predicted molar refractivity (Wildman–Crippen MR) is 86.2 cm³/mol. The fraction of sp³-hybridized carbons (Fsp3) is 0.214. The molecule has 0 bridgehead atoms. The molecule has 1 aromatic carbocycles. The summed E-state index contributed by atoms with van der Waals surface area (Å²) in [7, 11) is 0. The Morgan fingerprint density at radius 2 is 1.95 bits per heavy atom. The van der Waals surface area contributed by atoms with Crippen molar-refractivity contribution in [3.63, 3.8) is 0 Å². The highest BCUT2D eigenvalue weighted by molar-refractivity contribution is 7.07. The molecule has 4 N–H and O–H groups in total. The van der Waals surface area contributed by atoms with Gasteiger partial charge >= 0.3 is 10.9 Å². The maximum absolute atomic E-state index is 11.9. The number of hydrogen-bond donors (Lipinski definition) is 3. The molecule has 22 heavy (non-hydrogen) atoms. The van der Waals surface area contributed by atoms with Crippen LogP contribution < -0.4 is 21.2 Å². The lowest BCUT2D eigenvalue weighted by Crippen LogP contribution is -2.21. The van der Waals surface area contributed by atoms with Gasteiger partial charge < -0.3 is 20.9 Å². The zero-order valence-electron chi connectivity index (χ0n) is 12.0. The molecule has 1 aromatic heterocycles. The first-order valence-corrected chi connectivity index (χ1v) is 7.45. The standard InChI is InChI=1S/C14H16N4O3S/c1-9-8-22-14(21)18(9)6-5-12(19)16-10-3-2-4-11(7-10)17-13(15)20/h2-4,7-8H,5-6H2,1H3,(H,16,19)(H3,15,17,20). The van der Waals surface area contributed by atoms with Crippen LogP contribution in [-0.4, -0.2) is 16.5 Å². The highest BCUT2D eigenvalue weighted by Gasteiger charge is 2.07. The Kier molecular flexibility index (Phi) is 4.95. The summed E-state index contributed by atoms with van der Waals surface area (Å²) < 4.78 is 1.56. The van der Waals surface area contributed by atoms with Crippen LogP contribution in [0, 0.1) is 6.92 Å². The molecule has 0 aliphatic carbocycles. The van der Waals surface area contributed by atoms with E-state index in [1.54, 1.807) is 34.2 Å². The molecule has 0 unspecified atom stereocenters. The van der Waals surface area contributed by atoms with Crippen LogP contribution in [0.15, 0.2) is 34.4 Å². The van der Waals surface area contributed by atoms with Crippen LogP contribution >= 0.6 is 11.3 Å². The molecule has 8 heteroatoms. The number of amides is 3. The first-order valence-electron chi connectivity index (χ1n) is 6.57. The van der Waals surface area contributed by atoms with Gasteiger partial charge in [-0.15, -0.1) is 0 Å². The van der Waals surface area contributed by atoms with Crippen LogP contribution in [0.5, 0.6) is 0 Å². The number of aromatic nitrogens is 1. The smallest absolute Gasteiger partial charge is 0.316 e. The van der Waals surface area contributed by atoms with Crippen LogP contribution in [0.25, 0.3) is 0 Å². The van der Waals surface area contributed by atoms with E-state index in [-0.39, 0.29) is 17.2 Å². The van der Waals surface area contributed by atoms with Crippen LogP contribution in [0.3, 0.4) is 0 Å². The number of carbonyl (C=O) groups is 2. The molecule has 0 aliphatic rings. The van der Waals surface area contributed by atoms with E-state index in [1.165, 1.54) is 0 Å². The number of urea groups is 1. The van der Waals surface area contributed by atoms with Crippen LogP contribution in [0.4, 0.5) is 16.2 Å². The molecule has 0 atom stereocenters. The molecule has 1 heterocycles. The number of thiazole rings is 1. The summed E-state index contributed by atoms with van der Waals surface area (Å²) in [6.07, 6.45) is 0.185. The highest BCUT2D eigenvalue weighted by atomic mass is 32.1. The van der Waals surface area contributed by atoms with Crippen molar-refractivity contribution in [2.24, 2.45) is 5.73 Å². The summed E-state index contributed by atoms with van der Waals surface area (Å²) >= 11 is 1.12. The number of primary amides is 1. The minimum atomic E-state index is -0.671. The SMILES string of the molecule is Cc1csc(=O)n1CCC(=O)Nc1cccc(NC(N)=O)c1. The summed E-state index contributed by atoms with van der Waals surface area (Å²) in [6, 6.07) is 5.98. The molecule has 7 nitrogen and oxygen atoms in total. The minimum Gasteiger partial charge on any atom is -0.351 e. The normalized spacial score (nSPS) is 10.2. The van der Waals surface area contributed by atoms with Gasteiger partial charge in [-0.25, -0.2) is 4.79 Å². The van der Waals surface area contributed by atoms with Gasteiger partial charge in [-0.3, -0.25) is 9.59 Å². The molecule has 0 saturated heterocycles. The van der Waals surface area contributed by atoms with E-state index in [9.17, 15) is 14.4 Å². The predicted octanol–water partition coefficient (Wildman–Crippen LogP) is 1.74. The van der Waals surface area contributed by atoms with Gasteiger partial charge in [0.05, 0.1) is 0 Å². The molecule has 116 valence electrons. The summed E-state index contributed by atoms with van der Waals surface area (Å²) in [6.45, 7) is 2.16. The molecule has 2 rings (SSSR count). The van der Waals surface area contributed by atoms with E-state index < -0.39 is 6.03 Å². The van der Waals surface area contributed by atoms with Gasteiger partial charge in [0, 0.05) is 35.4 Å². The molecule has 0 saturated carbocycles. The van der Waals surface area contributed by atoms with Crippen molar-refractivity contribution in [2.45, 2.75) is 19.9 Å². The molecule has 0 aliphatic heterocycles. The number of aryl methyl sites for hydroxylation is 1. The second-order valence-corrected chi connectivity index (χ2v) is 5.48. The Bertz CT molecular complexity index is 751. The quantitative estimate of drug-likeness (QED) is 0.781. The monoisotopic (exact) mass is 320 g/mol. The van der Waals surface area contributed by atoms with E-state index in [0.717, 1.165) is 17.0 Å². The Labute approximate surface area is 130 Å². The largest absolute Gasteiger partial charge is 0.351 e. The fourth-order valence-corrected chi connectivity index (χ4v) is 2.69. The van der Waals surface area contributed by atoms with Gasteiger partial charge in [0.1, 0.15) is 0 Å². The summed E-state index contributed by atoms with van der Waals surface area (Å²) in [5, 5.41) is 6.91. The number of nitrogens with one attached hydrogen (secondary N) is 2. The Morgan fingerprint density at radius 3 is 2.55 bits per heavy atom. The maximum atomic E-state index is 11.9. The third-order valence-electron chi connectivity index (χ3n) is 2.95. The van der Waals surface area contributed by atoms with E-state index in [2.05, 4.69) is 10.6 Å². The molecule has 2 aromatic rings. The lowest BCUT2D eigenvalue weighted by atomic mass is 10.2. The molecule has 0 fully saturated rings. The maximum Gasteiger partial charge on any atom is 0.316 e. The molecule has 0 spiro atoms. The molecular formula is C14H16N4O3S. The Balaban J connectivity index is 1.95. The number of rotatable bonds is 5. The Morgan fingerprint density at radius 1 is 1.27 bits per heavy atom. The van der Waals surface area contributed by atoms with Crippen LogP contribution in [0.1, 0.15) is 12.1 Å². The van der Waals surface area contributed by atoms with Crippen molar-refractivity contribution in [3.8, 4) is 0 Å². The van der Waals surface area contributed by atoms with E-state index >= 15 is 0 Å². The molecule has 3 amide bonds. The number of benzene rings is 1. The van der Waals surface area contributed by atoms with Crippen molar-refractivity contribution in [1.82, 2.24) is 4.57 Å². The number of anilines is 2. The zero-order valence-corrected chi connectivity index (χ0v) is 12.8. The van der Waals surface area contributed by atoms with E-state index in [0.29, 0.717) is 17.9 Å². The molecular weight excluding hydrogens is 304 g/mol.